The zero-order valence-corrected chi connectivity index (χ0v) is 15.0. The van der Waals surface area contributed by atoms with E-state index in [0.717, 1.165) is 0 Å². The Morgan fingerprint density at radius 1 is 1.22 bits per heavy atom. The van der Waals surface area contributed by atoms with Crippen molar-refractivity contribution in [2.24, 2.45) is 5.73 Å². The van der Waals surface area contributed by atoms with Gasteiger partial charge in [0.25, 0.3) is 0 Å². The third-order valence-corrected chi connectivity index (χ3v) is 4.93. The van der Waals surface area contributed by atoms with Gasteiger partial charge >= 0.3 is 0 Å². The molecule has 2 N–H and O–H groups in total. The van der Waals surface area contributed by atoms with Gasteiger partial charge in [0, 0.05) is 24.0 Å². The van der Waals surface area contributed by atoms with Crippen LogP contribution in [0.1, 0.15) is 30.7 Å². The van der Waals surface area contributed by atoms with E-state index in [1.807, 2.05) is 0 Å². The maximum absolute atomic E-state index is 12.7. The van der Waals surface area contributed by atoms with Gasteiger partial charge in [-0.3, -0.25) is 4.79 Å². The molecule has 0 saturated carbocycles. The lowest BCUT2D eigenvalue weighted by molar-refractivity contribution is -0.116. The highest BCUT2D eigenvalue weighted by atomic mass is 16.7. The van der Waals surface area contributed by atoms with Crippen LogP contribution in [0, 0.1) is 11.3 Å². The van der Waals surface area contributed by atoms with E-state index in [4.69, 9.17) is 29.4 Å². The van der Waals surface area contributed by atoms with Crippen LogP contribution < -0.4 is 24.7 Å². The lowest BCUT2D eigenvalue weighted by Gasteiger charge is -2.31. The van der Waals surface area contributed by atoms with Crippen LogP contribution in [0.4, 0.5) is 0 Å². The van der Waals surface area contributed by atoms with Crippen molar-refractivity contribution in [2.45, 2.75) is 25.2 Å². The van der Waals surface area contributed by atoms with Crippen LogP contribution in [0.25, 0.3) is 0 Å². The number of methoxy groups -OCH3 is 2. The monoisotopic (exact) mass is 370 g/mol. The molecule has 140 valence electrons. The van der Waals surface area contributed by atoms with Crippen molar-refractivity contribution in [3.8, 4) is 29.1 Å². The molecule has 8 heteroatoms. The van der Waals surface area contributed by atoms with Gasteiger partial charge in [0.05, 0.1) is 20.1 Å². The number of ether oxygens (including phenoxy) is 5. The fourth-order valence-corrected chi connectivity index (χ4v) is 3.79. The Morgan fingerprint density at radius 2 is 2.00 bits per heavy atom. The van der Waals surface area contributed by atoms with Crippen LogP contribution in [0.2, 0.25) is 0 Å². The van der Waals surface area contributed by atoms with Crippen LogP contribution in [0.5, 0.6) is 23.0 Å². The number of allylic oxidation sites excluding steroid dienone is 3. The molecule has 1 unspecified atom stereocenters. The Labute approximate surface area is 155 Å². The quantitative estimate of drug-likeness (QED) is 0.862. The first-order chi connectivity index (χ1) is 13.1. The molecule has 3 aliphatic rings. The first kappa shape index (κ1) is 17.1. The van der Waals surface area contributed by atoms with Gasteiger partial charge in [0.2, 0.25) is 24.2 Å². The zero-order chi connectivity index (χ0) is 19.1. The van der Waals surface area contributed by atoms with Crippen molar-refractivity contribution in [3.05, 3.63) is 34.4 Å². The Kier molecular flexibility index (Phi) is 4.07. The van der Waals surface area contributed by atoms with Crippen LogP contribution in [0.15, 0.2) is 28.9 Å². The van der Waals surface area contributed by atoms with E-state index in [0.29, 0.717) is 59.2 Å². The maximum Gasteiger partial charge on any atom is 0.231 e. The average molecular weight is 370 g/mol. The summed E-state index contributed by atoms with van der Waals surface area (Å²) >= 11 is 0. The van der Waals surface area contributed by atoms with Crippen molar-refractivity contribution in [1.29, 1.82) is 5.26 Å². The van der Waals surface area contributed by atoms with E-state index in [-0.39, 0.29) is 24.0 Å². The van der Waals surface area contributed by atoms with Gasteiger partial charge in [-0.1, -0.05) is 0 Å². The highest BCUT2D eigenvalue weighted by molar-refractivity contribution is 5.99. The number of carbonyl (C=O) groups excluding carboxylic acids is 1. The summed E-state index contributed by atoms with van der Waals surface area (Å²) in [5, 5.41) is 9.72. The highest BCUT2D eigenvalue weighted by Crippen LogP contribution is 2.54. The number of hydrogen-bond donors (Lipinski definition) is 1. The van der Waals surface area contributed by atoms with Crippen molar-refractivity contribution in [3.63, 3.8) is 0 Å². The van der Waals surface area contributed by atoms with Crippen molar-refractivity contribution in [2.75, 3.05) is 21.0 Å². The second-order valence-corrected chi connectivity index (χ2v) is 6.30. The third kappa shape index (κ3) is 2.46. The number of ketones is 1. The molecule has 0 radical (unpaired) electrons. The summed E-state index contributed by atoms with van der Waals surface area (Å²) in [5.74, 6) is 1.29. The van der Waals surface area contributed by atoms with E-state index in [1.54, 1.807) is 6.07 Å². The molecule has 8 nitrogen and oxygen atoms in total. The number of hydrogen-bond acceptors (Lipinski definition) is 8. The second-order valence-electron chi connectivity index (χ2n) is 6.30. The SMILES string of the molecule is COc1c(C2C(C#N)=C(N)OC3=C2C(=O)CCC3)cc2c(c1OC)OCO2. The molecule has 2 aliphatic heterocycles. The van der Waals surface area contributed by atoms with Gasteiger partial charge in [-0.15, -0.1) is 0 Å². The minimum absolute atomic E-state index is 0.00497. The lowest BCUT2D eigenvalue weighted by atomic mass is 9.77. The first-order valence-electron chi connectivity index (χ1n) is 8.49. The molecular formula is C19H18N2O6. The van der Waals surface area contributed by atoms with Crippen LogP contribution >= 0.6 is 0 Å². The van der Waals surface area contributed by atoms with E-state index < -0.39 is 5.92 Å². The summed E-state index contributed by atoms with van der Waals surface area (Å²) in [6, 6.07) is 3.79. The Bertz CT molecular complexity index is 940. The number of Topliss-reactive ketones (excluding diaryl/α,β-unsaturated/α-hetero) is 1. The summed E-state index contributed by atoms with van der Waals surface area (Å²) in [7, 11) is 2.97. The molecule has 1 aliphatic carbocycles. The molecule has 0 saturated heterocycles. The Morgan fingerprint density at radius 3 is 2.70 bits per heavy atom. The first-order valence-corrected chi connectivity index (χ1v) is 8.49. The van der Waals surface area contributed by atoms with Crippen molar-refractivity contribution < 1.29 is 28.5 Å². The minimum Gasteiger partial charge on any atom is -0.492 e. The van der Waals surface area contributed by atoms with E-state index >= 15 is 0 Å². The predicted octanol–water partition coefficient (Wildman–Crippen LogP) is 2.25. The smallest absolute Gasteiger partial charge is 0.231 e. The fraction of sp³-hybridized carbons (Fsp3) is 0.368. The molecular weight excluding hydrogens is 352 g/mol. The summed E-state index contributed by atoms with van der Waals surface area (Å²) in [6.07, 6.45) is 1.66. The minimum atomic E-state index is -0.718. The zero-order valence-electron chi connectivity index (χ0n) is 15.0. The Balaban J connectivity index is 2.00. The number of nitrogens with two attached hydrogens (primary N) is 1. The summed E-state index contributed by atoms with van der Waals surface area (Å²) in [6.45, 7) is 0.0437. The number of nitriles is 1. The standard InChI is InChI=1S/C19H18N2O6/c1-23-16-9(6-13-17(18(16)24-2)26-8-25-13)14-10(7-20)19(21)27-12-5-3-4-11(22)15(12)14/h6,14H,3-5,8,21H2,1-2H3. The molecule has 0 aromatic heterocycles. The molecule has 1 aromatic carbocycles. The molecule has 0 bridgehead atoms. The molecule has 0 amide bonds. The maximum atomic E-state index is 12.7. The molecule has 2 heterocycles. The lowest BCUT2D eigenvalue weighted by Crippen LogP contribution is -2.27. The third-order valence-electron chi connectivity index (χ3n) is 4.93. The topological polar surface area (TPSA) is 113 Å². The average Bonchev–Trinajstić information content (AvgIpc) is 3.13. The Hall–Kier alpha value is -3.34. The van der Waals surface area contributed by atoms with Gasteiger partial charge in [-0.25, -0.2) is 0 Å². The number of carbonyl (C=O) groups is 1. The number of nitrogens with zero attached hydrogens (tertiary/aromatic N) is 1. The van der Waals surface area contributed by atoms with Crippen molar-refractivity contribution in [1.82, 2.24) is 0 Å². The number of fused-ring (bicyclic) bond motifs is 1. The normalized spacial score (nSPS) is 20.8. The van der Waals surface area contributed by atoms with Gasteiger partial charge in [-0.05, 0) is 12.5 Å². The number of benzene rings is 1. The molecule has 4 rings (SSSR count). The second kappa shape index (κ2) is 6.43. The van der Waals surface area contributed by atoms with Crippen LogP contribution in [-0.4, -0.2) is 26.8 Å². The summed E-state index contributed by atoms with van der Waals surface area (Å²) in [5.41, 5.74) is 7.14. The molecule has 1 atom stereocenters. The van der Waals surface area contributed by atoms with Crippen molar-refractivity contribution >= 4 is 5.78 Å². The highest BCUT2D eigenvalue weighted by Gasteiger charge is 2.41. The van der Waals surface area contributed by atoms with Gasteiger partial charge in [0.15, 0.2) is 17.3 Å². The van der Waals surface area contributed by atoms with Gasteiger partial charge < -0.3 is 29.4 Å². The summed E-state index contributed by atoms with van der Waals surface area (Å²) in [4.78, 5) is 12.7. The van der Waals surface area contributed by atoms with E-state index in [2.05, 4.69) is 6.07 Å². The van der Waals surface area contributed by atoms with E-state index in [9.17, 15) is 10.1 Å². The van der Waals surface area contributed by atoms with Gasteiger partial charge in [0.1, 0.15) is 17.4 Å². The largest absolute Gasteiger partial charge is 0.492 e. The predicted molar refractivity (Wildman–Crippen MR) is 92.2 cm³/mol. The summed E-state index contributed by atoms with van der Waals surface area (Å²) < 4.78 is 27.6. The molecule has 0 spiro atoms. The van der Waals surface area contributed by atoms with E-state index in [1.165, 1.54) is 14.2 Å². The molecule has 0 fully saturated rings. The molecule has 27 heavy (non-hydrogen) atoms. The van der Waals surface area contributed by atoms with Crippen LogP contribution in [0.3, 0.4) is 0 Å². The van der Waals surface area contributed by atoms with Gasteiger partial charge in [-0.2, -0.15) is 5.26 Å². The van der Waals surface area contributed by atoms with Crippen LogP contribution in [-0.2, 0) is 9.53 Å². The number of rotatable bonds is 3. The molecule has 1 aromatic rings. The fourth-order valence-electron chi connectivity index (χ4n) is 3.79.